The summed E-state index contributed by atoms with van der Waals surface area (Å²) < 4.78 is 0. The second-order valence-corrected chi connectivity index (χ2v) is 6.44. The van der Waals surface area contributed by atoms with Gasteiger partial charge in [0.2, 0.25) is 0 Å². The van der Waals surface area contributed by atoms with Crippen LogP contribution in [0.2, 0.25) is 0 Å². The number of rotatable bonds is 6. The van der Waals surface area contributed by atoms with Crippen molar-refractivity contribution in [2.75, 3.05) is 6.54 Å². The number of thiazole rings is 1. The number of hydrogen-bond acceptors (Lipinski definition) is 3. The van der Waals surface area contributed by atoms with Gasteiger partial charge in [-0.15, -0.1) is 11.3 Å². The maximum atomic E-state index is 4.89. The van der Waals surface area contributed by atoms with E-state index in [1.807, 2.05) is 11.3 Å². The first-order valence-electron chi connectivity index (χ1n) is 6.92. The maximum Gasteiger partial charge on any atom is 0.0962 e. The first-order chi connectivity index (χ1) is 8.22. The van der Waals surface area contributed by atoms with Crippen LogP contribution in [-0.4, -0.2) is 11.5 Å². The fourth-order valence-electron chi connectivity index (χ4n) is 2.17. The van der Waals surface area contributed by atoms with Gasteiger partial charge in [0.05, 0.1) is 10.7 Å². The van der Waals surface area contributed by atoms with E-state index >= 15 is 0 Å². The van der Waals surface area contributed by atoms with Crippen molar-refractivity contribution in [2.45, 2.75) is 64.8 Å². The number of nitrogens with one attached hydrogen (secondary N) is 1. The van der Waals surface area contributed by atoms with E-state index in [0.29, 0.717) is 5.92 Å². The molecule has 1 aliphatic carbocycles. The molecule has 2 rings (SSSR count). The number of hydrogen-bond donors (Lipinski definition) is 1. The fraction of sp³-hybridized carbons (Fsp3) is 0.786. The molecule has 1 aliphatic rings. The molecule has 0 aromatic carbocycles. The van der Waals surface area contributed by atoms with Crippen LogP contribution >= 0.6 is 11.3 Å². The largest absolute Gasteiger partial charge is 0.312 e. The lowest BCUT2D eigenvalue weighted by Crippen LogP contribution is -2.14. The summed E-state index contributed by atoms with van der Waals surface area (Å²) in [5.41, 5.74) is 1.33. The summed E-state index contributed by atoms with van der Waals surface area (Å²) in [5.74, 6) is 1.33. The van der Waals surface area contributed by atoms with Crippen LogP contribution in [0.15, 0.2) is 0 Å². The topological polar surface area (TPSA) is 24.9 Å². The minimum absolute atomic E-state index is 0.554. The molecule has 0 atom stereocenters. The van der Waals surface area contributed by atoms with Crippen LogP contribution < -0.4 is 5.32 Å². The molecule has 0 bridgehead atoms. The fourth-order valence-corrected chi connectivity index (χ4v) is 3.53. The molecule has 1 N–H and O–H groups in total. The van der Waals surface area contributed by atoms with Crippen molar-refractivity contribution in [1.29, 1.82) is 0 Å². The third-order valence-corrected chi connectivity index (χ3v) is 4.69. The predicted octanol–water partition coefficient (Wildman–Crippen LogP) is 4.03. The Hall–Kier alpha value is -0.410. The zero-order valence-corrected chi connectivity index (χ0v) is 12.1. The van der Waals surface area contributed by atoms with Crippen molar-refractivity contribution >= 4 is 11.3 Å². The second kappa shape index (κ2) is 5.96. The molecule has 1 saturated carbocycles. The molecule has 17 heavy (non-hydrogen) atoms. The summed E-state index contributed by atoms with van der Waals surface area (Å²) in [6, 6.07) is 0. The second-order valence-electron chi connectivity index (χ2n) is 5.32. The van der Waals surface area contributed by atoms with E-state index in [1.165, 1.54) is 41.3 Å². The molecule has 0 spiro atoms. The Bertz CT molecular complexity index is 353. The first kappa shape index (κ1) is 13.0. The Labute approximate surface area is 109 Å². The van der Waals surface area contributed by atoms with E-state index in [0.717, 1.165) is 19.0 Å². The monoisotopic (exact) mass is 252 g/mol. The SMILES string of the molecule is CCCNCc1sc(C2CCC2)nc1C(C)C. The van der Waals surface area contributed by atoms with Crippen LogP contribution in [0.3, 0.4) is 0 Å². The van der Waals surface area contributed by atoms with Crippen molar-refractivity contribution in [3.63, 3.8) is 0 Å². The minimum atomic E-state index is 0.554. The van der Waals surface area contributed by atoms with Crippen LogP contribution in [0.4, 0.5) is 0 Å². The standard InChI is InChI=1S/C14H24N2S/c1-4-8-15-9-12-13(10(2)3)16-14(17-12)11-6-5-7-11/h10-11,15H,4-9H2,1-3H3. The summed E-state index contributed by atoms with van der Waals surface area (Å²) in [5, 5.41) is 4.90. The maximum absolute atomic E-state index is 4.89. The van der Waals surface area contributed by atoms with Crippen molar-refractivity contribution in [3.05, 3.63) is 15.6 Å². The molecule has 1 aromatic rings. The summed E-state index contributed by atoms with van der Waals surface area (Å²) >= 11 is 1.95. The number of aromatic nitrogens is 1. The lowest BCUT2D eigenvalue weighted by Gasteiger charge is -2.22. The van der Waals surface area contributed by atoms with E-state index < -0.39 is 0 Å². The zero-order valence-electron chi connectivity index (χ0n) is 11.3. The van der Waals surface area contributed by atoms with E-state index in [-0.39, 0.29) is 0 Å². The molecular formula is C14H24N2S. The lowest BCUT2D eigenvalue weighted by molar-refractivity contribution is 0.417. The Morgan fingerprint density at radius 1 is 1.41 bits per heavy atom. The van der Waals surface area contributed by atoms with Gasteiger partial charge in [-0.1, -0.05) is 27.2 Å². The van der Waals surface area contributed by atoms with Gasteiger partial charge < -0.3 is 5.32 Å². The van der Waals surface area contributed by atoms with Crippen LogP contribution in [0.25, 0.3) is 0 Å². The molecule has 1 fully saturated rings. The lowest BCUT2D eigenvalue weighted by atomic mass is 9.86. The van der Waals surface area contributed by atoms with Gasteiger partial charge in [0.1, 0.15) is 0 Å². The average molecular weight is 252 g/mol. The summed E-state index contributed by atoms with van der Waals surface area (Å²) in [4.78, 5) is 6.36. The summed E-state index contributed by atoms with van der Waals surface area (Å²) in [7, 11) is 0. The van der Waals surface area contributed by atoms with Gasteiger partial charge in [-0.3, -0.25) is 0 Å². The smallest absolute Gasteiger partial charge is 0.0962 e. The third-order valence-electron chi connectivity index (χ3n) is 3.46. The molecule has 0 saturated heterocycles. The van der Waals surface area contributed by atoms with Crippen LogP contribution in [0, 0.1) is 0 Å². The molecule has 0 radical (unpaired) electrons. The molecule has 1 aromatic heterocycles. The van der Waals surface area contributed by atoms with Gasteiger partial charge in [0, 0.05) is 17.3 Å². The average Bonchev–Trinajstić information content (AvgIpc) is 2.60. The molecule has 0 aliphatic heterocycles. The Balaban J connectivity index is 2.07. The Morgan fingerprint density at radius 2 is 2.18 bits per heavy atom. The van der Waals surface area contributed by atoms with E-state index in [2.05, 4.69) is 26.1 Å². The van der Waals surface area contributed by atoms with Crippen molar-refractivity contribution in [2.24, 2.45) is 0 Å². The van der Waals surface area contributed by atoms with Gasteiger partial charge >= 0.3 is 0 Å². The molecule has 1 heterocycles. The Morgan fingerprint density at radius 3 is 2.71 bits per heavy atom. The van der Waals surface area contributed by atoms with Gasteiger partial charge in [-0.2, -0.15) is 0 Å². The highest BCUT2D eigenvalue weighted by Crippen LogP contribution is 2.40. The van der Waals surface area contributed by atoms with Crippen molar-refractivity contribution in [1.82, 2.24) is 10.3 Å². The highest BCUT2D eigenvalue weighted by molar-refractivity contribution is 7.11. The van der Waals surface area contributed by atoms with E-state index in [4.69, 9.17) is 4.98 Å². The van der Waals surface area contributed by atoms with E-state index in [1.54, 1.807) is 0 Å². The highest BCUT2D eigenvalue weighted by atomic mass is 32.1. The molecular weight excluding hydrogens is 228 g/mol. The predicted molar refractivity (Wildman–Crippen MR) is 74.8 cm³/mol. The van der Waals surface area contributed by atoms with Gasteiger partial charge in [0.15, 0.2) is 0 Å². The zero-order chi connectivity index (χ0) is 12.3. The highest BCUT2D eigenvalue weighted by Gasteiger charge is 2.25. The first-order valence-corrected chi connectivity index (χ1v) is 7.74. The normalized spacial score (nSPS) is 16.5. The van der Waals surface area contributed by atoms with Crippen LogP contribution in [0.5, 0.6) is 0 Å². The van der Waals surface area contributed by atoms with Gasteiger partial charge in [-0.05, 0) is 31.7 Å². The minimum Gasteiger partial charge on any atom is -0.312 e. The van der Waals surface area contributed by atoms with Crippen molar-refractivity contribution < 1.29 is 0 Å². The number of nitrogens with zero attached hydrogens (tertiary/aromatic N) is 1. The van der Waals surface area contributed by atoms with Crippen LogP contribution in [0.1, 0.15) is 73.9 Å². The molecule has 0 unspecified atom stereocenters. The van der Waals surface area contributed by atoms with E-state index in [9.17, 15) is 0 Å². The van der Waals surface area contributed by atoms with Crippen LogP contribution in [-0.2, 0) is 6.54 Å². The molecule has 0 amide bonds. The quantitative estimate of drug-likeness (QED) is 0.773. The van der Waals surface area contributed by atoms with Gasteiger partial charge in [-0.25, -0.2) is 4.98 Å². The summed E-state index contributed by atoms with van der Waals surface area (Å²) in [6.07, 6.45) is 5.30. The van der Waals surface area contributed by atoms with Crippen molar-refractivity contribution in [3.8, 4) is 0 Å². The molecule has 96 valence electrons. The van der Waals surface area contributed by atoms with Gasteiger partial charge in [0.25, 0.3) is 0 Å². The summed E-state index contributed by atoms with van der Waals surface area (Å²) in [6.45, 7) is 8.83. The third kappa shape index (κ3) is 3.08. The Kier molecular flexibility index (Phi) is 4.57. The molecule has 3 heteroatoms. The molecule has 2 nitrogen and oxygen atoms in total.